The van der Waals surface area contributed by atoms with Crippen molar-refractivity contribution in [1.82, 2.24) is 0 Å². The lowest BCUT2D eigenvalue weighted by molar-refractivity contribution is 0.633. The molecule has 2 rings (SSSR count). The van der Waals surface area contributed by atoms with E-state index in [0.717, 1.165) is 11.8 Å². The molecule has 0 aromatic heterocycles. The average Bonchev–Trinajstić information content (AvgIpc) is 2.23. The fourth-order valence-corrected chi connectivity index (χ4v) is 1.88. The summed E-state index contributed by atoms with van der Waals surface area (Å²) >= 11 is 3.18. The van der Waals surface area contributed by atoms with Crippen molar-refractivity contribution in [2.75, 3.05) is 0 Å². The fraction of sp³-hybridized carbons (Fsp3) is 0.167. The van der Waals surface area contributed by atoms with E-state index >= 15 is 0 Å². The van der Waals surface area contributed by atoms with E-state index in [2.05, 4.69) is 22.9 Å². The first kappa shape index (κ1) is 9.66. The summed E-state index contributed by atoms with van der Waals surface area (Å²) in [7, 11) is 0. The molecule has 0 amide bonds. The third-order valence-electron chi connectivity index (χ3n) is 2.38. The van der Waals surface area contributed by atoms with E-state index in [1.165, 1.54) is 5.56 Å². The molecule has 72 valence electrons. The van der Waals surface area contributed by atoms with Crippen LogP contribution < -0.4 is 0 Å². The molecule has 0 atom stereocenters. The highest BCUT2D eigenvalue weighted by Crippen LogP contribution is 2.25. The van der Waals surface area contributed by atoms with Crippen molar-refractivity contribution in [3.05, 3.63) is 46.2 Å². The standard InChI is InChI=1S/C12H10BrF/c1-2-8-3-5-10-9(7-8)4-6-11(13)12(10)14/h3-7H,2H2,1H3. The summed E-state index contributed by atoms with van der Waals surface area (Å²) in [4.78, 5) is 0. The molecule has 0 radical (unpaired) electrons. The third-order valence-corrected chi connectivity index (χ3v) is 2.99. The zero-order valence-electron chi connectivity index (χ0n) is 7.85. The Balaban J connectivity index is 2.74. The second-order valence-corrected chi connectivity index (χ2v) is 4.12. The summed E-state index contributed by atoms with van der Waals surface area (Å²) in [6.07, 6.45) is 0.980. The lowest BCUT2D eigenvalue weighted by Crippen LogP contribution is -1.84. The number of hydrogen-bond acceptors (Lipinski definition) is 0. The van der Waals surface area contributed by atoms with Gasteiger partial charge in [-0.1, -0.05) is 31.2 Å². The van der Waals surface area contributed by atoms with Gasteiger partial charge in [-0.05, 0) is 39.4 Å². The highest BCUT2D eigenvalue weighted by Gasteiger charge is 2.04. The molecule has 2 aromatic rings. The van der Waals surface area contributed by atoms with Crippen molar-refractivity contribution in [3.63, 3.8) is 0 Å². The van der Waals surface area contributed by atoms with Crippen molar-refractivity contribution in [2.45, 2.75) is 13.3 Å². The minimum absolute atomic E-state index is 0.176. The second-order valence-electron chi connectivity index (χ2n) is 3.27. The molecule has 0 N–H and O–H groups in total. The Morgan fingerprint density at radius 2 is 2.00 bits per heavy atom. The summed E-state index contributed by atoms with van der Waals surface area (Å²) in [5.41, 5.74) is 1.24. The van der Waals surface area contributed by atoms with Crippen molar-refractivity contribution in [3.8, 4) is 0 Å². The monoisotopic (exact) mass is 252 g/mol. The average molecular weight is 253 g/mol. The molecule has 0 saturated heterocycles. The molecule has 0 fully saturated rings. The van der Waals surface area contributed by atoms with Crippen LogP contribution >= 0.6 is 15.9 Å². The van der Waals surface area contributed by atoms with Crippen LogP contribution in [0.4, 0.5) is 4.39 Å². The molecule has 0 aliphatic heterocycles. The molecule has 2 aromatic carbocycles. The van der Waals surface area contributed by atoms with Crippen LogP contribution in [0.15, 0.2) is 34.8 Å². The van der Waals surface area contributed by atoms with Gasteiger partial charge in [0.1, 0.15) is 5.82 Å². The number of benzene rings is 2. The first-order chi connectivity index (χ1) is 6.72. The molecular formula is C12H10BrF. The Morgan fingerprint density at radius 3 is 2.71 bits per heavy atom. The molecule has 0 spiro atoms. The molecule has 0 nitrogen and oxygen atoms in total. The van der Waals surface area contributed by atoms with Crippen molar-refractivity contribution in [1.29, 1.82) is 0 Å². The van der Waals surface area contributed by atoms with Crippen molar-refractivity contribution >= 4 is 26.7 Å². The van der Waals surface area contributed by atoms with Gasteiger partial charge in [0.05, 0.1) is 4.47 Å². The van der Waals surface area contributed by atoms with Crippen LogP contribution in [0.2, 0.25) is 0 Å². The maximum absolute atomic E-state index is 13.6. The van der Waals surface area contributed by atoms with Gasteiger partial charge in [-0.25, -0.2) is 4.39 Å². The van der Waals surface area contributed by atoms with Crippen molar-refractivity contribution in [2.24, 2.45) is 0 Å². The SMILES string of the molecule is CCc1ccc2c(F)c(Br)ccc2c1. The molecule has 0 saturated carbocycles. The van der Waals surface area contributed by atoms with Gasteiger partial charge in [-0.3, -0.25) is 0 Å². The smallest absolute Gasteiger partial charge is 0.145 e. The van der Waals surface area contributed by atoms with Gasteiger partial charge < -0.3 is 0 Å². The lowest BCUT2D eigenvalue weighted by Gasteiger charge is -2.03. The molecule has 2 heteroatoms. The summed E-state index contributed by atoms with van der Waals surface area (Å²) in [6, 6.07) is 9.52. The van der Waals surface area contributed by atoms with E-state index < -0.39 is 0 Å². The summed E-state index contributed by atoms with van der Waals surface area (Å²) in [6.45, 7) is 2.09. The second kappa shape index (κ2) is 3.70. The maximum Gasteiger partial charge on any atom is 0.145 e. The zero-order valence-corrected chi connectivity index (χ0v) is 9.44. The first-order valence-electron chi connectivity index (χ1n) is 4.59. The maximum atomic E-state index is 13.6. The van der Waals surface area contributed by atoms with Gasteiger partial charge in [-0.2, -0.15) is 0 Å². The Hall–Kier alpha value is -0.890. The Labute approximate surface area is 90.9 Å². The van der Waals surface area contributed by atoms with E-state index in [0.29, 0.717) is 9.86 Å². The number of hydrogen-bond donors (Lipinski definition) is 0. The van der Waals surface area contributed by atoms with Gasteiger partial charge in [0.15, 0.2) is 0 Å². The van der Waals surface area contributed by atoms with Crippen molar-refractivity contribution < 1.29 is 4.39 Å². The van der Waals surface area contributed by atoms with E-state index in [1.54, 1.807) is 6.07 Å². The predicted molar refractivity (Wildman–Crippen MR) is 61.0 cm³/mol. The Bertz CT molecular complexity index is 477. The predicted octanol–water partition coefficient (Wildman–Crippen LogP) is 4.30. The highest BCUT2D eigenvalue weighted by atomic mass is 79.9. The molecule has 0 unspecified atom stereocenters. The van der Waals surface area contributed by atoms with Gasteiger partial charge in [-0.15, -0.1) is 0 Å². The van der Waals surface area contributed by atoms with Crippen LogP contribution in [0.3, 0.4) is 0 Å². The molecule has 0 aliphatic rings. The Morgan fingerprint density at radius 1 is 1.21 bits per heavy atom. The normalized spacial score (nSPS) is 10.8. The highest BCUT2D eigenvalue weighted by molar-refractivity contribution is 9.10. The van der Waals surface area contributed by atoms with Gasteiger partial charge in [0.2, 0.25) is 0 Å². The van der Waals surface area contributed by atoms with E-state index in [-0.39, 0.29) is 5.82 Å². The summed E-state index contributed by atoms with van der Waals surface area (Å²) in [5, 5.41) is 1.64. The third kappa shape index (κ3) is 1.55. The fourth-order valence-electron chi connectivity index (χ4n) is 1.53. The van der Waals surface area contributed by atoms with Crippen LogP contribution in [0.5, 0.6) is 0 Å². The topological polar surface area (TPSA) is 0 Å². The van der Waals surface area contributed by atoms with Crippen LogP contribution in [0.25, 0.3) is 10.8 Å². The minimum atomic E-state index is -0.176. The zero-order chi connectivity index (χ0) is 10.1. The number of rotatable bonds is 1. The molecule has 14 heavy (non-hydrogen) atoms. The number of halogens is 2. The van der Waals surface area contributed by atoms with E-state index in [4.69, 9.17) is 0 Å². The minimum Gasteiger partial charge on any atom is -0.205 e. The quantitative estimate of drug-likeness (QED) is 0.710. The summed E-state index contributed by atoms with van der Waals surface area (Å²) < 4.78 is 14.1. The largest absolute Gasteiger partial charge is 0.205 e. The van der Waals surface area contributed by atoms with E-state index in [9.17, 15) is 4.39 Å². The van der Waals surface area contributed by atoms with Gasteiger partial charge in [0.25, 0.3) is 0 Å². The number of aryl methyl sites for hydroxylation is 1. The number of fused-ring (bicyclic) bond motifs is 1. The lowest BCUT2D eigenvalue weighted by atomic mass is 10.1. The van der Waals surface area contributed by atoms with Gasteiger partial charge >= 0.3 is 0 Å². The Kier molecular flexibility index (Phi) is 2.55. The van der Waals surface area contributed by atoms with E-state index in [1.807, 2.05) is 24.3 Å². The molecular weight excluding hydrogens is 243 g/mol. The van der Waals surface area contributed by atoms with Gasteiger partial charge in [0, 0.05) is 5.39 Å². The first-order valence-corrected chi connectivity index (χ1v) is 5.38. The van der Waals surface area contributed by atoms with Crippen LogP contribution in [0.1, 0.15) is 12.5 Å². The van der Waals surface area contributed by atoms with Crippen LogP contribution in [-0.4, -0.2) is 0 Å². The summed E-state index contributed by atoms with van der Waals surface area (Å²) in [5.74, 6) is -0.176. The molecule has 0 heterocycles. The van der Waals surface area contributed by atoms with Crippen LogP contribution in [0, 0.1) is 5.82 Å². The molecule has 0 aliphatic carbocycles. The molecule has 0 bridgehead atoms. The van der Waals surface area contributed by atoms with Crippen LogP contribution in [-0.2, 0) is 6.42 Å².